The first-order valence-corrected chi connectivity index (χ1v) is 6.56. The average molecular weight is 286 g/mol. The Morgan fingerprint density at radius 3 is 2.57 bits per heavy atom. The molecular formula is C15H14N2O4. The van der Waals surface area contributed by atoms with Gasteiger partial charge in [0.1, 0.15) is 12.0 Å². The van der Waals surface area contributed by atoms with E-state index in [4.69, 9.17) is 4.74 Å². The summed E-state index contributed by atoms with van der Waals surface area (Å²) < 4.78 is 5.87. The smallest absolute Gasteiger partial charge is 0.269 e. The summed E-state index contributed by atoms with van der Waals surface area (Å²) in [5.74, 6) is 0.180. The number of nitrogens with one attached hydrogen (secondary N) is 1. The standard InChI is InChI=1S/C15H14N2O4/c18-13-4-2-1-3-12(13)15-16-9-14(21-15)10-5-7-11(8-6-10)17(19)20/h1-8,14-16,18H,9H2/t14-,15-/m1/s1. The normalized spacial score (nSPS) is 21.3. The van der Waals surface area contributed by atoms with Gasteiger partial charge in [0, 0.05) is 24.2 Å². The monoisotopic (exact) mass is 286 g/mol. The predicted molar refractivity (Wildman–Crippen MR) is 75.8 cm³/mol. The molecule has 1 heterocycles. The van der Waals surface area contributed by atoms with Gasteiger partial charge < -0.3 is 9.84 Å². The van der Waals surface area contributed by atoms with Crippen LogP contribution in [0.25, 0.3) is 0 Å². The Labute approximate surface area is 121 Å². The third-order valence-electron chi connectivity index (χ3n) is 3.48. The molecule has 6 heteroatoms. The summed E-state index contributed by atoms with van der Waals surface area (Å²) in [6, 6.07) is 13.3. The van der Waals surface area contributed by atoms with Gasteiger partial charge in [-0.25, -0.2) is 0 Å². The SMILES string of the molecule is O=[N+]([O-])c1ccc([C@H]2CN[C@@H](c3ccccc3O)O2)cc1. The highest BCUT2D eigenvalue weighted by atomic mass is 16.6. The van der Waals surface area contributed by atoms with Gasteiger partial charge in [0.25, 0.3) is 5.69 Å². The Balaban J connectivity index is 1.75. The number of phenolic OH excluding ortho intramolecular Hbond substituents is 1. The molecule has 3 rings (SSSR count). The van der Waals surface area contributed by atoms with Crippen LogP contribution >= 0.6 is 0 Å². The Bertz CT molecular complexity index is 657. The fourth-order valence-corrected chi connectivity index (χ4v) is 2.37. The Kier molecular flexibility index (Phi) is 3.55. The molecule has 1 fully saturated rings. The molecule has 21 heavy (non-hydrogen) atoms. The van der Waals surface area contributed by atoms with Crippen molar-refractivity contribution in [2.45, 2.75) is 12.3 Å². The van der Waals surface area contributed by atoms with E-state index in [0.717, 1.165) is 5.56 Å². The van der Waals surface area contributed by atoms with Crippen LogP contribution in [0.3, 0.4) is 0 Å². The molecule has 0 saturated carbocycles. The molecule has 0 radical (unpaired) electrons. The van der Waals surface area contributed by atoms with Crippen LogP contribution in [-0.2, 0) is 4.74 Å². The van der Waals surface area contributed by atoms with Crippen molar-refractivity contribution in [3.8, 4) is 5.75 Å². The largest absolute Gasteiger partial charge is 0.508 e. The summed E-state index contributed by atoms with van der Waals surface area (Å²) in [7, 11) is 0. The molecular weight excluding hydrogens is 272 g/mol. The van der Waals surface area contributed by atoms with Gasteiger partial charge in [-0.3, -0.25) is 15.4 Å². The first-order chi connectivity index (χ1) is 10.1. The van der Waals surface area contributed by atoms with Gasteiger partial charge in [-0.2, -0.15) is 0 Å². The van der Waals surface area contributed by atoms with Crippen molar-refractivity contribution in [2.75, 3.05) is 6.54 Å². The fraction of sp³-hybridized carbons (Fsp3) is 0.200. The minimum absolute atomic E-state index is 0.0574. The molecule has 0 amide bonds. The molecule has 0 unspecified atom stereocenters. The van der Waals surface area contributed by atoms with Crippen molar-refractivity contribution >= 4 is 5.69 Å². The number of hydrogen-bond acceptors (Lipinski definition) is 5. The number of nitrogens with zero attached hydrogens (tertiary/aromatic N) is 1. The molecule has 1 saturated heterocycles. The minimum atomic E-state index is -0.428. The number of aromatic hydroxyl groups is 1. The summed E-state index contributed by atoms with van der Waals surface area (Å²) in [6.07, 6.45) is -0.582. The highest BCUT2D eigenvalue weighted by Gasteiger charge is 2.28. The van der Waals surface area contributed by atoms with Gasteiger partial charge in [-0.15, -0.1) is 0 Å². The topological polar surface area (TPSA) is 84.6 Å². The number of ether oxygens (including phenoxy) is 1. The molecule has 108 valence electrons. The number of nitro groups is 1. The van der Waals surface area contributed by atoms with E-state index in [2.05, 4.69) is 5.32 Å². The van der Waals surface area contributed by atoms with Gasteiger partial charge in [0.05, 0.1) is 11.0 Å². The summed E-state index contributed by atoms with van der Waals surface area (Å²) in [5.41, 5.74) is 1.61. The molecule has 1 aliphatic rings. The van der Waals surface area contributed by atoms with Crippen molar-refractivity contribution in [1.82, 2.24) is 5.32 Å². The number of nitro benzene ring substituents is 1. The first-order valence-electron chi connectivity index (χ1n) is 6.56. The average Bonchev–Trinajstić information content (AvgIpc) is 2.97. The molecule has 2 aromatic rings. The van der Waals surface area contributed by atoms with Crippen molar-refractivity contribution in [3.63, 3.8) is 0 Å². The Morgan fingerprint density at radius 2 is 1.90 bits per heavy atom. The number of hydrogen-bond donors (Lipinski definition) is 2. The van der Waals surface area contributed by atoms with Crippen molar-refractivity contribution in [1.29, 1.82) is 0 Å². The highest BCUT2D eigenvalue weighted by molar-refractivity contribution is 5.36. The molecule has 2 aromatic carbocycles. The zero-order chi connectivity index (χ0) is 14.8. The number of rotatable bonds is 3. The fourth-order valence-electron chi connectivity index (χ4n) is 2.37. The second-order valence-electron chi connectivity index (χ2n) is 4.82. The van der Waals surface area contributed by atoms with Gasteiger partial charge >= 0.3 is 0 Å². The van der Waals surface area contributed by atoms with E-state index < -0.39 is 4.92 Å². The quantitative estimate of drug-likeness (QED) is 0.669. The van der Waals surface area contributed by atoms with Crippen LogP contribution in [0.1, 0.15) is 23.5 Å². The maximum atomic E-state index is 10.6. The van der Waals surface area contributed by atoms with Crippen molar-refractivity contribution in [3.05, 3.63) is 69.8 Å². The van der Waals surface area contributed by atoms with Crippen LogP contribution < -0.4 is 5.32 Å². The van der Waals surface area contributed by atoms with Gasteiger partial charge in [0.2, 0.25) is 0 Å². The van der Waals surface area contributed by atoms with Crippen molar-refractivity contribution < 1.29 is 14.8 Å². The second-order valence-corrected chi connectivity index (χ2v) is 4.82. The van der Waals surface area contributed by atoms with Crippen molar-refractivity contribution in [2.24, 2.45) is 0 Å². The number of phenols is 1. The van der Waals surface area contributed by atoms with Crippen LogP contribution in [0.2, 0.25) is 0 Å². The number of non-ortho nitro benzene ring substituents is 1. The lowest BCUT2D eigenvalue weighted by Crippen LogP contribution is -2.14. The van der Waals surface area contributed by atoms with E-state index in [-0.39, 0.29) is 23.8 Å². The number of benzene rings is 2. The van der Waals surface area contributed by atoms with E-state index in [1.165, 1.54) is 12.1 Å². The van der Waals surface area contributed by atoms with Gasteiger partial charge in [0.15, 0.2) is 0 Å². The van der Waals surface area contributed by atoms with Crippen LogP contribution in [0.4, 0.5) is 5.69 Å². The third kappa shape index (κ3) is 2.72. The summed E-state index contributed by atoms with van der Waals surface area (Å²) in [5, 5.41) is 23.7. The Hall–Kier alpha value is -2.44. The second kappa shape index (κ2) is 5.51. The lowest BCUT2D eigenvalue weighted by molar-refractivity contribution is -0.384. The van der Waals surface area contributed by atoms with E-state index in [1.54, 1.807) is 30.3 Å². The summed E-state index contributed by atoms with van der Waals surface area (Å²) >= 11 is 0. The molecule has 1 aliphatic heterocycles. The maximum Gasteiger partial charge on any atom is 0.269 e. The van der Waals surface area contributed by atoms with Gasteiger partial charge in [-0.1, -0.05) is 18.2 Å². The molecule has 0 aliphatic carbocycles. The number of para-hydroxylation sites is 1. The molecule has 2 atom stereocenters. The molecule has 0 bridgehead atoms. The summed E-state index contributed by atoms with van der Waals surface area (Å²) in [4.78, 5) is 10.2. The zero-order valence-electron chi connectivity index (χ0n) is 11.1. The highest BCUT2D eigenvalue weighted by Crippen LogP contribution is 2.34. The first kappa shape index (κ1) is 13.5. The maximum absolute atomic E-state index is 10.6. The van der Waals surface area contributed by atoms with Crippen LogP contribution in [0.15, 0.2) is 48.5 Å². The van der Waals surface area contributed by atoms with E-state index in [9.17, 15) is 15.2 Å². The van der Waals surface area contributed by atoms with E-state index in [0.29, 0.717) is 12.1 Å². The zero-order valence-corrected chi connectivity index (χ0v) is 11.1. The third-order valence-corrected chi connectivity index (χ3v) is 3.48. The predicted octanol–water partition coefficient (Wildman–Crippen LogP) is 2.66. The molecule has 0 aromatic heterocycles. The molecule has 6 nitrogen and oxygen atoms in total. The van der Waals surface area contributed by atoms with E-state index in [1.807, 2.05) is 6.07 Å². The molecule has 0 spiro atoms. The van der Waals surface area contributed by atoms with Crippen LogP contribution in [0.5, 0.6) is 5.75 Å². The summed E-state index contributed by atoms with van der Waals surface area (Å²) in [6.45, 7) is 0.580. The Morgan fingerprint density at radius 1 is 1.19 bits per heavy atom. The minimum Gasteiger partial charge on any atom is -0.508 e. The van der Waals surface area contributed by atoms with Gasteiger partial charge in [-0.05, 0) is 23.8 Å². The lowest BCUT2D eigenvalue weighted by Gasteiger charge is -2.14. The van der Waals surface area contributed by atoms with E-state index >= 15 is 0 Å². The van der Waals surface area contributed by atoms with Crippen LogP contribution in [0, 0.1) is 10.1 Å². The lowest BCUT2D eigenvalue weighted by atomic mass is 10.1. The van der Waals surface area contributed by atoms with Crippen LogP contribution in [-0.4, -0.2) is 16.6 Å². The molecule has 2 N–H and O–H groups in total.